The third kappa shape index (κ3) is 2.54. The van der Waals surface area contributed by atoms with Crippen molar-refractivity contribution >= 4 is 21.8 Å². The molecule has 1 heterocycles. The predicted octanol–water partition coefficient (Wildman–Crippen LogP) is 1.54. The number of halogens is 1. The van der Waals surface area contributed by atoms with Gasteiger partial charge in [-0.1, -0.05) is 0 Å². The largest absolute Gasteiger partial charge is 0.347 e. The highest BCUT2D eigenvalue weighted by Crippen LogP contribution is 2.24. The first kappa shape index (κ1) is 11.7. The fourth-order valence-corrected chi connectivity index (χ4v) is 1.62. The van der Waals surface area contributed by atoms with E-state index in [0.717, 1.165) is 0 Å². The van der Waals surface area contributed by atoms with E-state index in [9.17, 15) is 4.79 Å². The van der Waals surface area contributed by atoms with Gasteiger partial charge in [0.2, 0.25) is 5.91 Å². The monoisotopic (exact) mass is 267 g/mol. The van der Waals surface area contributed by atoms with Crippen LogP contribution in [0.5, 0.6) is 0 Å². The zero-order chi connectivity index (χ0) is 11.4. The van der Waals surface area contributed by atoms with Crippen LogP contribution in [-0.4, -0.2) is 29.9 Å². The lowest BCUT2D eigenvalue weighted by molar-refractivity contribution is -0.129. The number of carbonyl (C=O) groups excluding carboxylic acids is 1. The van der Waals surface area contributed by atoms with Crippen molar-refractivity contribution in [3.05, 3.63) is 28.5 Å². The number of aromatic nitrogens is 1. The Labute approximate surface area is 96.7 Å². The van der Waals surface area contributed by atoms with Gasteiger partial charge in [-0.05, 0) is 27.6 Å². The molecule has 1 aromatic rings. The second-order valence-corrected chi connectivity index (χ2v) is 4.05. The van der Waals surface area contributed by atoms with Gasteiger partial charge in [-0.3, -0.25) is 9.78 Å². The highest BCUT2D eigenvalue weighted by Gasteiger charge is 2.23. The van der Waals surface area contributed by atoms with Crippen molar-refractivity contribution in [2.24, 2.45) is 0 Å². The van der Waals surface area contributed by atoms with Crippen molar-refractivity contribution in [3.8, 4) is 6.07 Å². The van der Waals surface area contributed by atoms with Gasteiger partial charge in [0, 0.05) is 31.0 Å². The van der Waals surface area contributed by atoms with Crippen LogP contribution in [0.3, 0.4) is 0 Å². The summed E-state index contributed by atoms with van der Waals surface area (Å²) < 4.78 is 0.673. The Hall–Kier alpha value is -1.41. The van der Waals surface area contributed by atoms with E-state index in [0.29, 0.717) is 10.0 Å². The van der Waals surface area contributed by atoms with Crippen LogP contribution in [0.1, 0.15) is 11.5 Å². The summed E-state index contributed by atoms with van der Waals surface area (Å²) in [4.78, 5) is 17.0. The normalized spacial score (nSPS) is 11.6. The second kappa shape index (κ2) is 4.89. The van der Waals surface area contributed by atoms with E-state index >= 15 is 0 Å². The molecule has 0 radical (unpaired) electrons. The first-order valence-corrected chi connectivity index (χ1v) is 5.07. The van der Waals surface area contributed by atoms with Gasteiger partial charge in [-0.25, -0.2) is 0 Å². The number of hydrogen-bond donors (Lipinski definition) is 0. The minimum absolute atomic E-state index is 0.232. The summed E-state index contributed by atoms with van der Waals surface area (Å²) >= 11 is 3.27. The third-order valence-corrected chi connectivity index (χ3v) is 2.59. The van der Waals surface area contributed by atoms with E-state index in [4.69, 9.17) is 5.26 Å². The Bertz CT molecular complexity index is 411. The molecule has 78 valence electrons. The maximum Gasteiger partial charge on any atom is 0.243 e. The van der Waals surface area contributed by atoms with E-state index in [2.05, 4.69) is 20.9 Å². The van der Waals surface area contributed by atoms with E-state index < -0.39 is 5.92 Å². The van der Waals surface area contributed by atoms with Gasteiger partial charge in [0.1, 0.15) is 0 Å². The molecule has 1 amide bonds. The molecular formula is C10H10BrN3O. The number of nitriles is 1. The van der Waals surface area contributed by atoms with E-state index in [1.54, 1.807) is 32.6 Å². The van der Waals surface area contributed by atoms with Crippen LogP contribution in [-0.2, 0) is 4.79 Å². The highest BCUT2D eigenvalue weighted by atomic mass is 79.9. The molecule has 15 heavy (non-hydrogen) atoms. The van der Waals surface area contributed by atoms with Gasteiger partial charge < -0.3 is 4.90 Å². The number of rotatable bonds is 2. The number of amides is 1. The van der Waals surface area contributed by atoms with Gasteiger partial charge in [-0.2, -0.15) is 5.26 Å². The van der Waals surface area contributed by atoms with Gasteiger partial charge in [-0.15, -0.1) is 0 Å². The molecule has 0 bridgehead atoms. The first-order chi connectivity index (χ1) is 7.07. The molecule has 1 atom stereocenters. The van der Waals surface area contributed by atoms with Crippen molar-refractivity contribution < 1.29 is 4.79 Å². The Balaban J connectivity index is 3.10. The average molecular weight is 268 g/mol. The van der Waals surface area contributed by atoms with Crippen LogP contribution in [0.2, 0.25) is 0 Å². The van der Waals surface area contributed by atoms with Crippen LogP contribution in [0.15, 0.2) is 22.9 Å². The number of hydrogen-bond acceptors (Lipinski definition) is 3. The third-order valence-electron chi connectivity index (χ3n) is 1.93. The number of carbonyl (C=O) groups is 1. The zero-order valence-electron chi connectivity index (χ0n) is 8.44. The molecule has 5 heteroatoms. The van der Waals surface area contributed by atoms with Gasteiger partial charge >= 0.3 is 0 Å². The van der Waals surface area contributed by atoms with Gasteiger partial charge in [0.25, 0.3) is 0 Å². The summed E-state index contributed by atoms with van der Waals surface area (Å²) in [6.07, 6.45) is 3.13. The minimum atomic E-state index is -0.780. The molecule has 0 saturated heterocycles. The summed E-state index contributed by atoms with van der Waals surface area (Å²) in [6.45, 7) is 0. The lowest BCUT2D eigenvalue weighted by atomic mass is 10.0. The van der Waals surface area contributed by atoms with E-state index in [1.165, 1.54) is 4.90 Å². The van der Waals surface area contributed by atoms with Crippen molar-refractivity contribution in [3.63, 3.8) is 0 Å². The molecule has 0 fully saturated rings. The molecule has 1 rings (SSSR count). The van der Waals surface area contributed by atoms with Crippen LogP contribution in [0.4, 0.5) is 0 Å². The van der Waals surface area contributed by atoms with Crippen LogP contribution in [0, 0.1) is 11.3 Å². The summed E-state index contributed by atoms with van der Waals surface area (Å²) in [6, 6.07) is 3.66. The Morgan fingerprint density at radius 2 is 2.33 bits per heavy atom. The highest BCUT2D eigenvalue weighted by molar-refractivity contribution is 9.10. The first-order valence-electron chi connectivity index (χ1n) is 4.28. The van der Waals surface area contributed by atoms with E-state index in [-0.39, 0.29) is 5.91 Å². The maximum atomic E-state index is 11.7. The van der Waals surface area contributed by atoms with E-state index in [1.807, 2.05) is 6.07 Å². The second-order valence-electron chi connectivity index (χ2n) is 3.19. The standard InChI is InChI=1S/C10H10BrN3O/c1-14(2)10(15)8(5-12)7-3-4-13-6-9(7)11/h3-4,6,8H,1-2H3. The average Bonchev–Trinajstić information content (AvgIpc) is 2.21. The SMILES string of the molecule is CN(C)C(=O)C(C#N)c1ccncc1Br. The molecule has 1 aromatic heterocycles. The molecule has 0 aliphatic rings. The smallest absolute Gasteiger partial charge is 0.243 e. The topological polar surface area (TPSA) is 57.0 Å². The number of nitrogens with zero attached hydrogens (tertiary/aromatic N) is 3. The van der Waals surface area contributed by atoms with Crippen molar-refractivity contribution in [1.29, 1.82) is 5.26 Å². The lowest BCUT2D eigenvalue weighted by Gasteiger charge is -2.15. The summed E-state index contributed by atoms with van der Waals surface area (Å²) in [5, 5.41) is 8.98. The quantitative estimate of drug-likeness (QED) is 0.817. The molecule has 0 aliphatic carbocycles. The predicted molar refractivity (Wildman–Crippen MR) is 59.0 cm³/mol. The van der Waals surface area contributed by atoms with Crippen molar-refractivity contribution in [2.45, 2.75) is 5.92 Å². The maximum absolute atomic E-state index is 11.7. The molecular weight excluding hydrogens is 258 g/mol. The van der Waals surface area contributed by atoms with Crippen molar-refractivity contribution in [2.75, 3.05) is 14.1 Å². The number of pyridine rings is 1. The van der Waals surface area contributed by atoms with Crippen molar-refractivity contribution in [1.82, 2.24) is 9.88 Å². The molecule has 0 aromatic carbocycles. The number of likely N-dealkylation sites (N-methyl/N-ethyl adjacent to an activating group) is 1. The summed E-state index contributed by atoms with van der Waals surface area (Å²) in [5.41, 5.74) is 0.645. The molecule has 4 nitrogen and oxygen atoms in total. The fraction of sp³-hybridized carbons (Fsp3) is 0.300. The fourth-order valence-electron chi connectivity index (χ4n) is 1.14. The summed E-state index contributed by atoms with van der Waals surface area (Å²) in [5.74, 6) is -1.01. The lowest BCUT2D eigenvalue weighted by Crippen LogP contribution is -2.27. The minimum Gasteiger partial charge on any atom is -0.347 e. The molecule has 0 saturated carbocycles. The molecule has 0 N–H and O–H groups in total. The van der Waals surface area contributed by atoms with Crippen LogP contribution >= 0.6 is 15.9 Å². The zero-order valence-corrected chi connectivity index (χ0v) is 10.0. The Kier molecular flexibility index (Phi) is 3.81. The molecule has 1 unspecified atom stereocenters. The van der Waals surface area contributed by atoms with Gasteiger partial charge in [0.15, 0.2) is 5.92 Å². The Morgan fingerprint density at radius 3 is 2.80 bits per heavy atom. The molecule has 0 aliphatic heterocycles. The molecule has 0 spiro atoms. The van der Waals surface area contributed by atoms with Crippen LogP contribution < -0.4 is 0 Å². The summed E-state index contributed by atoms with van der Waals surface area (Å²) in [7, 11) is 3.25. The van der Waals surface area contributed by atoms with Crippen LogP contribution in [0.25, 0.3) is 0 Å². The van der Waals surface area contributed by atoms with Gasteiger partial charge in [0.05, 0.1) is 6.07 Å². The Morgan fingerprint density at radius 1 is 1.67 bits per heavy atom.